The highest BCUT2D eigenvalue weighted by atomic mass is 16.2. The predicted molar refractivity (Wildman–Crippen MR) is 114 cm³/mol. The maximum absolute atomic E-state index is 12.5. The van der Waals surface area contributed by atoms with E-state index in [1.54, 1.807) is 17.9 Å². The first-order valence-electron chi connectivity index (χ1n) is 9.54. The zero-order valence-electron chi connectivity index (χ0n) is 17.3. The summed E-state index contributed by atoms with van der Waals surface area (Å²) in [6, 6.07) is 13.8. The Kier molecular flexibility index (Phi) is 6.12. The number of nitrogens with one attached hydrogen (secondary N) is 1. The molecule has 2 aromatic carbocycles. The van der Waals surface area contributed by atoms with Crippen molar-refractivity contribution in [3.05, 3.63) is 77.1 Å². The molecule has 6 nitrogen and oxygen atoms in total. The maximum atomic E-state index is 12.5. The van der Waals surface area contributed by atoms with Gasteiger partial charge in [-0.15, -0.1) is 0 Å². The van der Waals surface area contributed by atoms with Crippen molar-refractivity contribution in [2.24, 2.45) is 0 Å². The number of aromatic nitrogens is 2. The molecule has 0 radical (unpaired) electrons. The molecule has 0 bridgehead atoms. The lowest BCUT2D eigenvalue weighted by Crippen LogP contribution is -2.36. The van der Waals surface area contributed by atoms with Crippen LogP contribution in [0.25, 0.3) is 5.69 Å². The molecule has 3 rings (SSSR count). The second-order valence-electron chi connectivity index (χ2n) is 7.38. The zero-order chi connectivity index (χ0) is 21.0. The first-order chi connectivity index (χ1) is 13.8. The van der Waals surface area contributed by atoms with E-state index < -0.39 is 0 Å². The van der Waals surface area contributed by atoms with Crippen molar-refractivity contribution in [2.45, 2.75) is 27.2 Å². The molecule has 2 amide bonds. The molecule has 0 fully saturated rings. The normalized spacial score (nSPS) is 10.6. The number of benzene rings is 2. The number of likely N-dealkylation sites (N-methyl/N-ethyl adjacent to an activating group) is 1. The van der Waals surface area contributed by atoms with Crippen LogP contribution in [-0.2, 0) is 16.0 Å². The number of carbonyl (C=O) groups is 2. The summed E-state index contributed by atoms with van der Waals surface area (Å²) in [7, 11) is 1.64. The second-order valence-corrected chi connectivity index (χ2v) is 7.38. The first kappa shape index (κ1) is 20.3. The van der Waals surface area contributed by atoms with Crippen molar-refractivity contribution in [3.63, 3.8) is 0 Å². The largest absolute Gasteiger partial charge is 0.336 e. The highest BCUT2D eigenvalue weighted by molar-refractivity contribution is 5.96. The van der Waals surface area contributed by atoms with Crippen LogP contribution >= 0.6 is 0 Å². The van der Waals surface area contributed by atoms with Crippen molar-refractivity contribution >= 4 is 17.5 Å². The van der Waals surface area contributed by atoms with Gasteiger partial charge in [-0.3, -0.25) is 9.59 Å². The Hall–Kier alpha value is -3.41. The SMILES string of the molecule is Cc1cc(C)c(NC(=O)CN(C)C(=O)Cc2cnn(-c3ccccc3)c2)c(C)c1. The van der Waals surface area contributed by atoms with Gasteiger partial charge in [0.1, 0.15) is 0 Å². The molecule has 0 saturated heterocycles. The molecule has 1 N–H and O–H groups in total. The average Bonchev–Trinajstić information content (AvgIpc) is 3.14. The molecule has 0 aliphatic heterocycles. The summed E-state index contributed by atoms with van der Waals surface area (Å²) in [4.78, 5) is 26.4. The quantitative estimate of drug-likeness (QED) is 0.701. The number of rotatable bonds is 6. The molecule has 1 heterocycles. The highest BCUT2D eigenvalue weighted by Gasteiger charge is 2.16. The van der Waals surface area contributed by atoms with Gasteiger partial charge in [0.15, 0.2) is 0 Å². The monoisotopic (exact) mass is 390 g/mol. The van der Waals surface area contributed by atoms with Crippen LogP contribution in [-0.4, -0.2) is 40.1 Å². The van der Waals surface area contributed by atoms with Crippen LogP contribution in [0, 0.1) is 20.8 Å². The van der Waals surface area contributed by atoms with Crippen LogP contribution in [0.2, 0.25) is 0 Å². The van der Waals surface area contributed by atoms with E-state index >= 15 is 0 Å². The van der Waals surface area contributed by atoms with E-state index in [9.17, 15) is 9.59 Å². The smallest absolute Gasteiger partial charge is 0.243 e. The van der Waals surface area contributed by atoms with Crippen molar-refractivity contribution in [3.8, 4) is 5.69 Å². The molecule has 0 aliphatic rings. The molecule has 29 heavy (non-hydrogen) atoms. The molecule has 150 valence electrons. The third-order valence-corrected chi connectivity index (χ3v) is 4.76. The standard InChI is InChI=1S/C23H26N4O2/c1-16-10-17(2)23(18(3)11-16)25-21(28)15-26(4)22(29)12-19-13-24-27(14-19)20-8-6-5-7-9-20/h5-11,13-14H,12,15H2,1-4H3,(H,25,28). The second kappa shape index (κ2) is 8.73. The fourth-order valence-corrected chi connectivity index (χ4v) is 3.34. The molecule has 1 aromatic heterocycles. The molecule has 0 saturated carbocycles. The number of carbonyl (C=O) groups excluding carboxylic acids is 2. The maximum Gasteiger partial charge on any atom is 0.243 e. The van der Waals surface area contributed by atoms with Gasteiger partial charge in [-0.2, -0.15) is 5.10 Å². The highest BCUT2D eigenvalue weighted by Crippen LogP contribution is 2.21. The van der Waals surface area contributed by atoms with Gasteiger partial charge in [-0.05, 0) is 49.6 Å². The van der Waals surface area contributed by atoms with Crippen LogP contribution in [0.1, 0.15) is 22.3 Å². The van der Waals surface area contributed by atoms with Crippen molar-refractivity contribution in [2.75, 3.05) is 18.9 Å². The number of hydrogen-bond donors (Lipinski definition) is 1. The van der Waals surface area contributed by atoms with Crippen LogP contribution in [0.3, 0.4) is 0 Å². The van der Waals surface area contributed by atoms with Crippen molar-refractivity contribution in [1.29, 1.82) is 0 Å². The molecule has 0 aliphatic carbocycles. The van der Waals surface area contributed by atoms with Gasteiger partial charge in [0, 0.05) is 18.9 Å². The molecule has 0 spiro atoms. The summed E-state index contributed by atoms with van der Waals surface area (Å²) in [6.07, 6.45) is 3.71. The lowest BCUT2D eigenvalue weighted by molar-refractivity contribution is -0.132. The Balaban J connectivity index is 1.58. The van der Waals surface area contributed by atoms with Crippen LogP contribution in [0.5, 0.6) is 0 Å². The molecular weight excluding hydrogens is 364 g/mol. The van der Waals surface area contributed by atoms with Crippen molar-refractivity contribution < 1.29 is 9.59 Å². The molecule has 3 aromatic rings. The molecule has 0 unspecified atom stereocenters. The Morgan fingerprint density at radius 2 is 1.72 bits per heavy atom. The van der Waals surface area contributed by atoms with Crippen molar-refractivity contribution in [1.82, 2.24) is 14.7 Å². The summed E-state index contributed by atoms with van der Waals surface area (Å²) in [5, 5.41) is 7.24. The predicted octanol–water partition coefficient (Wildman–Crippen LogP) is 3.44. The van der Waals surface area contributed by atoms with Gasteiger partial charge in [-0.25, -0.2) is 4.68 Å². The number of anilines is 1. The average molecular weight is 390 g/mol. The van der Waals surface area contributed by atoms with Gasteiger partial charge in [0.25, 0.3) is 0 Å². The van der Waals surface area contributed by atoms with Crippen LogP contribution in [0.15, 0.2) is 54.9 Å². The lowest BCUT2D eigenvalue weighted by Gasteiger charge is -2.18. The van der Waals surface area contributed by atoms with Gasteiger partial charge in [0.05, 0.1) is 24.8 Å². The summed E-state index contributed by atoms with van der Waals surface area (Å²) in [5.74, 6) is -0.346. The van der Waals surface area contributed by atoms with Gasteiger partial charge >= 0.3 is 0 Å². The van der Waals surface area contributed by atoms with E-state index in [0.717, 1.165) is 33.6 Å². The van der Waals surface area contributed by atoms with Crippen LogP contribution < -0.4 is 5.32 Å². The fraction of sp³-hybridized carbons (Fsp3) is 0.261. The Labute approximate surface area is 171 Å². The van der Waals surface area contributed by atoms with Gasteiger partial charge in [-0.1, -0.05) is 35.9 Å². The third-order valence-electron chi connectivity index (χ3n) is 4.76. The van der Waals surface area contributed by atoms with E-state index in [4.69, 9.17) is 0 Å². The van der Waals surface area contributed by atoms with E-state index in [0.29, 0.717) is 0 Å². The van der Waals surface area contributed by atoms with E-state index in [1.165, 1.54) is 4.90 Å². The summed E-state index contributed by atoms with van der Waals surface area (Å²) < 4.78 is 1.73. The topological polar surface area (TPSA) is 67.2 Å². The number of nitrogens with zero attached hydrogens (tertiary/aromatic N) is 3. The number of hydrogen-bond acceptors (Lipinski definition) is 3. The fourth-order valence-electron chi connectivity index (χ4n) is 3.34. The Morgan fingerprint density at radius 3 is 2.38 bits per heavy atom. The van der Waals surface area contributed by atoms with Gasteiger partial charge < -0.3 is 10.2 Å². The summed E-state index contributed by atoms with van der Waals surface area (Å²) >= 11 is 0. The minimum atomic E-state index is -0.212. The van der Waals surface area contributed by atoms with Crippen LogP contribution in [0.4, 0.5) is 5.69 Å². The molecule has 6 heteroatoms. The minimum absolute atomic E-state index is 0.00158. The third kappa shape index (κ3) is 5.10. The number of para-hydroxylation sites is 1. The first-order valence-corrected chi connectivity index (χ1v) is 9.54. The summed E-state index contributed by atoms with van der Waals surface area (Å²) in [5.41, 5.74) is 5.72. The zero-order valence-corrected chi connectivity index (χ0v) is 17.3. The minimum Gasteiger partial charge on any atom is -0.336 e. The van der Waals surface area contributed by atoms with E-state index in [2.05, 4.69) is 10.4 Å². The van der Waals surface area contributed by atoms with E-state index in [-0.39, 0.29) is 24.8 Å². The summed E-state index contributed by atoms with van der Waals surface area (Å²) in [6.45, 7) is 5.96. The van der Waals surface area contributed by atoms with Gasteiger partial charge in [0.2, 0.25) is 11.8 Å². The number of amides is 2. The lowest BCUT2D eigenvalue weighted by atomic mass is 10.1. The van der Waals surface area contributed by atoms with E-state index in [1.807, 2.05) is 69.4 Å². The number of aryl methyl sites for hydroxylation is 3. The Bertz CT molecular complexity index is 1000. The molecule has 0 atom stereocenters. The molecular formula is C23H26N4O2. The Morgan fingerprint density at radius 1 is 1.07 bits per heavy atom.